The summed E-state index contributed by atoms with van der Waals surface area (Å²) >= 11 is 13.4. The van der Waals surface area contributed by atoms with Crippen LogP contribution in [-0.2, 0) is 4.79 Å². The Labute approximate surface area is 252 Å². The van der Waals surface area contributed by atoms with E-state index in [0.29, 0.717) is 26.5 Å². The molecule has 4 rings (SSSR count). The molecule has 8 heteroatoms. The smallest absolute Gasteiger partial charge is 0.266 e. The first-order valence-electron chi connectivity index (χ1n) is 14.3. The second-order valence-corrected chi connectivity index (χ2v) is 12.2. The van der Waals surface area contributed by atoms with Crippen molar-refractivity contribution in [3.05, 3.63) is 70.2 Å². The van der Waals surface area contributed by atoms with Crippen molar-refractivity contribution in [2.75, 3.05) is 13.7 Å². The number of amides is 1. The molecule has 0 unspecified atom stereocenters. The lowest BCUT2D eigenvalue weighted by Crippen LogP contribution is -2.29. The molecule has 0 N–H and O–H groups in total. The second kappa shape index (κ2) is 15.4. The van der Waals surface area contributed by atoms with Crippen LogP contribution in [0.4, 0.5) is 0 Å². The van der Waals surface area contributed by atoms with Gasteiger partial charge in [0.1, 0.15) is 15.8 Å². The minimum Gasteiger partial charge on any atom is -0.495 e. The molecule has 1 aromatic heterocycles. The van der Waals surface area contributed by atoms with Crippen molar-refractivity contribution >= 4 is 51.9 Å². The fraction of sp³-hybridized carbons (Fsp3) is 0.406. The molecular formula is C32H38ClN3O2S2. The largest absolute Gasteiger partial charge is 0.495 e. The molecule has 1 fully saturated rings. The maximum Gasteiger partial charge on any atom is 0.266 e. The molecule has 0 atom stereocenters. The molecule has 0 spiro atoms. The van der Waals surface area contributed by atoms with Crippen molar-refractivity contribution in [3.63, 3.8) is 0 Å². The predicted molar refractivity (Wildman–Crippen MR) is 172 cm³/mol. The number of hydrogen-bond acceptors (Lipinski definition) is 5. The Balaban J connectivity index is 1.44. The van der Waals surface area contributed by atoms with Crippen molar-refractivity contribution in [3.8, 4) is 22.7 Å². The van der Waals surface area contributed by atoms with Gasteiger partial charge in [-0.15, -0.1) is 0 Å². The van der Waals surface area contributed by atoms with E-state index in [1.807, 2.05) is 65.5 Å². The Morgan fingerprint density at radius 2 is 1.65 bits per heavy atom. The van der Waals surface area contributed by atoms with Crippen molar-refractivity contribution in [1.29, 1.82) is 0 Å². The topological polar surface area (TPSA) is 47.4 Å². The number of methoxy groups -OCH3 is 1. The highest BCUT2D eigenvalue weighted by atomic mass is 35.5. The Morgan fingerprint density at radius 3 is 2.30 bits per heavy atom. The van der Waals surface area contributed by atoms with E-state index in [0.717, 1.165) is 35.3 Å². The average molecular weight is 596 g/mol. The average Bonchev–Trinajstić information content (AvgIpc) is 3.50. The third-order valence-corrected chi connectivity index (χ3v) is 8.76. The van der Waals surface area contributed by atoms with Crippen LogP contribution in [0.25, 0.3) is 23.0 Å². The number of halogens is 1. The van der Waals surface area contributed by atoms with Crippen molar-refractivity contribution < 1.29 is 9.53 Å². The third kappa shape index (κ3) is 7.99. The highest BCUT2D eigenvalue weighted by Gasteiger charge is 2.32. The molecule has 1 aliphatic rings. The Bertz CT molecular complexity index is 1320. The molecule has 2 aromatic carbocycles. The van der Waals surface area contributed by atoms with E-state index in [-0.39, 0.29) is 5.91 Å². The molecule has 212 valence electrons. The molecule has 0 saturated carbocycles. The lowest BCUT2D eigenvalue weighted by Gasteiger charge is -2.14. The number of para-hydroxylation sites is 1. The van der Waals surface area contributed by atoms with Crippen LogP contribution in [0.3, 0.4) is 0 Å². The van der Waals surface area contributed by atoms with E-state index in [1.54, 1.807) is 12.0 Å². The highest BCUT2D eigenvalue weighted by Crippen LogP contribution is 2.36. The molecule has 1 aliphatic heterocycles. The number of carbonyl (C=O) groups excluding carboxylic acids is 1. The molecule has 2 heterocycles. The van der Waals surface area contributed by atoms with E-state index in [9.17, 15) is 4.79 Å². The lowest BCUT2D eigenvalue weighted by molar-refractivity contribution is -0.122. The minimum atomic E-state index is -0.0305. The van der Waals surface area contributed by atoms with Crippen LogP contribution < -0.4 is 4.74 Å². The van der Waals surface area contributed by atoms with Gasteiger partial charge in [0.05, 0.1) is 22.7 Å². The predicted octanol–water partition coefficient (Wildman–Crippen LogP) is 9.32. The summed E-state index contributed by atoms with van der Waals surface area (Å²) in [4.78, 5) is 15.7. The number of rotatable bonds is 15. The normalized spacial score (nSPS) is 14.5. The van der Waals surface area contributed by atoms with Crippen molar-refractivity contribution in [1.82, 2.24) is 14.7 Å². The summed E-state index contributed by atoms with van der Waals surface area (Å²) in [6, 6.07) is 15.5. The number of thiocarbonyl (C=S) groups is 1. The highest BCUT2D eigenvalue weighted by molar-refractivity contribution is 8.26. The van der Waals surface area contributed by atoms with E-state index >= 15 is 0 Å². The van der Waals surface area contributed by atoms with Gasteiger partial charge in [-0.05, 0) is 42.8 Å². The number of nitrogens with zero attached hydrogens (tertiary/aromatic N) is 3. The van der Waals surface area contributed by atoms with Gasteiger partial charge in [-0.25, -0.2) is 4.68 Å². The molecular weight excluding hydrogens is 558 g/mol. The van der Waals surface area contributed by atoms with Gasteiger partial charge in [0.25, 0.3) is 5.91 Å². The number of benzene rings is 2. The van der Waals surface area contributed by atoms with Gasteiger partial charge in [0.2, 0.25) is 0 Å². The molecule has 0 bridgehead atoms. The zero-order chi connectivity index (χ0) is 28.3. The third-order valence-electron chi connectivity index (χ3n) is 7.08. The number of ether oxygens (including phenoxy) is 1. The summed E-state index contributed by atoms with van der Waals surface area (Å²) in [5.41, 5.74) is 3.32. The SMILES string of the molecule is CCCCCCCCCCCCN1C(=O)C(=Cc2cn(-c3ccccc3)nc2-c2ccc(OC)c(Cl)c2)SC1=S. The van der Waals surface area contributed by atoms with Crippen LogP contribution in [0.15, 0.2) is 59.6 Å². The quantitative estimate of drug-likeness (QED) is 0.0995. The van der Waals surface area contributed by atoms with E-state index in [1.165, 1.54) is 63.1 Å². The zero-order valence-electron chi connectivity index (χ0n) is 23.4. The summed E-state index contributed by atoms with van der Waals surface area (Å²) < 4.78 is 7.77. The molecule has 3 aromatic rings. The first-order chi connectivity index (χ1) is 19.5. The molecule has 5 nitrogen and oxygen atoms in total. The van der Waals surface area contributed by atoms with Crippen LogP contribution in [0, 0.1) is 0 Å². The number of hydrogen-bond donors (Lipinski definition) is 0. The molecule has 1 amide bonds. The fourth-order valence-corrected chi connectivity index (χ4v) is 6.39. The van der Waals surface area contributed by atoms with Gasteiger partial charge in [0, 0.05) is 23.9 Å². The molecule has 40 heavy (non-hydrogen) atoms. The summed E-state index contributed by atoms with van der Waals surface area (Å²) in [6.45, 7) is 2.92. The van der Waals surface area contributed by atoms with Crippen LogP contribution >= 0.6 is 35.6 Å². The number of carbonyl (C=O) groups is 1. The van der Waals surface area contributed by atoms with Gasteiger partial charge < -0.3 is 4.74 Å². The first-order valence-corrected chi connectivity index (χ1v) is 15.9. The number of aromatic nitrogens is 2. The summed E-state index contributed by atoms with van der Waals surface area (Å²) in [5.74, 6) is 0.569. The maximum absolute atomic E-state index is 13.4. The van der Waals surface area contributed by atoms with Crippen molar-refractivity contribution in [2.45, 2.75) is 71.1 Å². The van der Waals surface area contributed by atoms with Gasteiger partial charge in [-0.3, -0.25) is 9.69 Å². The van der Waals surface area contributed by atoms with E-state index < -0.39 is 0 Å². The van der Waals surface area contributed by atoms with Crippen LogP contribution in [0.5, 0.6) is 5.75 Å². The molecule has 0 radical (unpaired) electrons. The fourth-order valence-electron chi connectivity index (χ4n) is 4.84. The number of unbranched alkanes of at least 4 members (excludes halogenated alkanes) is 9. The standard InChI is InChI=1S/C32H38ClN3O2S2/c1-3-4-5-6-7-8-9-10-11-15-20-35-31(37)29(40-32(35)39)22-25-23-36(26-16-13-12-14-17-26)34-30(25)24-18-19-28(38-2)27(33)21-24/h12-14,16-19,21-23H,3-11,15,20H2,1-2H3. The van der Waals surface area contributed by atoms with Gasteiger partial charge in [-0.2, -0.15) is 5.10 Å². The van der Waals surface area contributed by atoms with Crippen LogP contribution in [0.2, 0.25) is 5.02 Å². The van der Waals surface area contributed by atoms with Crippen LogP contribution in [0.1, 0.15) is 76.7 Å². The maximum atomic E-state index is 13.4. The Kier molecular flexibility index (Phi) is 11.7. The monoisotopic (exact) mass is 595 g/mol. The van der Waals surface area contributed by atoms with E-state index in [4.69, 9.17) is 33.7 Å². The summed E-state index contributed by atoms with van der Waals surface area (Å²) in [5, 5.41) is 5.37. The summed E-state index contributed by atoms with van der Waals surface area (Å²) in [6.07, 6.45) is 16.4. The van der Waals surface area contributed by atoms with Crippen LogP contribution in [-0.4, -0.2) is 38.6 Å². The number of thioether (sulfide) groups is 1. The first kappa shape index (κ1) is 30.4. The Hall–Kier alpha value is -2.61. The minimum absolute atomic E-state index is 0.0305. The van der Waals surface area contributed by atoms with E-state index in [2.05, 4.69) is 6.92 Å². The zero-order valence-corrected chi connectivity index (χ0v) is 25.8. The van der Waals surface area contributed by atoms with Gasteiger partial charge in [-0.1, -0.05) is 118 Å². The molecule has 1 saturated heterocycles. The van der Waals surface area contributed by atoms with Gasteiger partial charge >= 0.3 is 0 Å². The summed E-state index contributed by atoms with van der Waals surface area (Å²) in [7, 11) is 1.59. The van der Waals surface area contributed by atoms with Gasteiger partial charge in [0.15, 0.2) is 0 Å². The second-order valence-electron chi connectivity index (χ2n) is 10.1. The lowest BCUT2D eigenvalue weighted by atomic mass is 10.1. The van der Waals surface area contributed by atoms with Crippen molar-refractivity contribution in [2.24, 2.45) is 0 Å². The Morgan fingerprint density at radius 1 is 0.975 bits per heavy atom. The molecule has 0 aliphatic carbocycles.